The van der Waals surface area contributed by atoms with E-state index in [0.29, 0.717) is 34.6 Å². The van der Waals surface area contributed by atoms with Crippen molar-refractivity contribution in [3.05, 3.63) is 54.6 Å². The number of aromatic nitrogens is 4. The molecule has 0 aliphatic carbocycles. The molecule has 1 aliphatic rings. The van der Waals surface area contributed by atoms with E-state index in [1.54, 1.807) is 22.7 Å². The number of carbonyl (C=O) groups excluding carboxylic acids is 1. The average Bonchev–Trinajstić information content (AvgIpc) is 3.44. The molecule has 0 unspecified atom stereocenters. The minimum absolute atomic E-state index is 0.157. The van der Waals surface area contributed by atoms with Crippen molar-refractivity contribution >= 4 is 29.0 Å². The molecule has 5 rings (SSSR count). The Morgan fingerprint density at radius 2 is 1.94 bits per heavy atom. The molecule has 162 valence electrons. The van der Waals surface area contributed by atoms with E-state index < -0.39 is 0 Å². The molecule has 0 fully saturated rings. The fraction of sp³-hybridized carbons (Fsp3) is 0.182. The molecule has 1 aliphatic heterocycles. The van der Waals surface area contributed by atoms with Gasteiger partial charge in [-0.25, -0.2) is 0 Å². The van der Waals surface area contributed by atoms with E-state index in [9.17, 15) is 4.79 Å². The Kier molecular flexibility index (Phi) is 5.51. The van der Waals surface area contributed by atoms with E-state index in [-0.39, 0.29) is 18.5 Å². The maximum atomic E-state index is 12.4. The molecule has 1 N–H and O–H groups in total. The van der Waals surface area contributed by atoms with Crippen LogP contribution in [0.15, 0.2) is 59.8 Å². The molecule has 0 saturated carbocycles. The Hall–Kier alpha value is -3.79. The van der Waals surface area contributed by atoms with Crippen LogP contribution < -0.4 is 19.5 Å². The van der Waals surface area contributed by atoms with Crippen molar-refractivity contribution in [1.82, 2.24) is 19.8 Å². The third-order valence-corrected chi connectivity index (χ3v) is 5.60. The zero-order valence-corrected chi connectivity index (χ0v) is 18.0. The normalized spacial score (nSPS) is 12.2. The van der Waals surface area contributed by atoms with Crippen molar-refractivity contribution in [2.75, 3.05) is 24.5 Å². The van der Waals surface area contributed by atoms with E-state index in [2.05, 4.69) is 20.6 Å². The predicted octanol–water partition coefficient (Wildman–Crippen LogP) is 3.65. The number of hydrogen-bond donors (Lipinski definition) is 1. The molecule has 0 saturated heterocycles. The lowest BCUT2D eigenvalue weighted by Crippen LogP contribution is -2.14. The van der Waals surface area contributed by atoms with E-state index in [1.165, 1.54) is 11.8 Å². The van der Waals surface area contributed by atoms with Crippen LogP contribution in [-0.4, -0.2) is 44.9 Å². The number of hydrogen-bond acceptors (Lipinski definition) is 8. The molecule has 0 radical (unpaired) electrons. The van der Waals surface area contributed by atoms with Gasteiger partial charge in [0.25, 0.3) is 0 Å². The lowest BCUT2D eigenvalue weighted by molar-refractivity contribution is -0.113. The number of nitrogens with one attached hydrogen (secondary N) is 1. The van der Waals surface area contributed by atoms with Crippen LogP contribution in [-0.2, 0) is 4.79 Å². The number of fused-ring (bicyclic) bond motifs is 2. The van der Waals surface area contributed by atoms with Gasteiger partial charge in [-0.05, 0) is 55.5 Å². The molecule has 0 atom stereocenters. The Labute approximate surface area is 187 Å². The fourth-order valence-corrected chi connectivity index (χ4v) is 3.89. The highest BCUT2D eigenvalue weighted by molar-refractivity contribution is 7.99. The second-order valence-electron chi connectivity index (χ2n) is 6.83. The van der Waals surface area contributed by atoms with Crippen molar-refractivity contribution < 1.29 is 19.0 Å². The highest BCUT2D eigenvalue weighted by Crippen LogP contribution is 2.34. The fourth-order valence-electron chi connectivity index (χ4n) is 3.20. The molecular weight excluding hydrogens is 430 g/mol. The minimum atomic E-state index is -0.173. The zero-order valence-electron chi connectivity index (χ0n) is 17.1. The molecule has 3 heterocycles. The summed E-state index contributed by atoms with van der Waals surface area (Å²) >= 11 is 1.26. The summed E-state index contributed by atoms with van der Waals surface area (Å²) in [6.07, 6.45) is 0. The maximum Gasteiger partial charge on any atom is 0.234 e. The summed E-state index contributed by atoms with van der Waals surface area (Å²) in [6, 6.07) is 16.7. The lowest BCUT2D eigenvalue weighted by Gasteiger charge is -2.06. The molecule has 0 spiro atoms. The highest BCUT2D eigenvalue weighted by atomic mass is 32.2. The topological polar surface area (TPSA) is 99.9 Å². The van der Waals surface area contributed by atoms with E-state index in [4.69, 9.17) is 14.2 Å². The average molecular weight is 449 g/mol. The first-order chi connectivity index (χ1) is 15.7. The minimum Gasteiger partial charge on any atom is -0.494 e. The van der Waals surface area contributed by atoms with Gasteiger partial charge in [-0.15, -0.1) is 10.2 Å². The van der Waals surface area contributed by atoms with Gasteiger partial charge in [0.15, 0.2) is 17.1 Å². The quantitative estimate of drug-likeness (QED) is 0.427. The van der Waals surface area contributed by atoms with Gasteiger partial charge in [-0.2, -0.15) is 9.61 Å². The van der Waals surface area contributed by atoms with E-state index in [1.807, 2.05) is 43.3 Å². The van der Waals surface area contributed by atoms with Gasteiger partial charge < -0.3 is 19.5 Å². The Bertz CT molecular complexity index is 1280. The number of carbonyl (C=O) groups is 1. The van der Waals surface area contributed by atoms with Gasteiger partial charge in [0.05, 0.1) is 18.1 Å². The molecule has 10 heteroatoms. The molecule has 4 aromatic rings. The number of thioether (sulfide) groups is 1. The van der Waals surface area contributed by atoms with Crippen LogP contribution in [0.1, 0.15) is 6.92 Å². The van der Waals surface area contributed by atoms with Gasteiger partial charge in [-0.1, -0.05) is 11.8 Å². The Morgan fingerprint density at radius 1 is 1.09 bits per heavy atom. The first-order valence-corrected chi connectivity index (χ1v) is 11.0. The Morgan fingerprint density at radius 3 is 2.78 bits per heavy atom. The number of nitrogens with zero attached hydrogens (tertiary/aromatic N) is 4. The monoisotopic (exact) mass is 449 g/mol. The van der Waals surface area contributed by atoms with Gasteiger partial charge in [0, 0.05) is 17.3 Å². The van der Waals surface area contributed by atoms with Crippen LogP contribution in [0.2, 0.25) is 0 Å². The predicted molar refractivity (Wildman–Crippen MR) is 119 cm³/mol. The summed E-state index contributed by atoms with van der Waals surface area (Å²) in [6.45, 7) is 2.76. The standard InChI is InChI=1S/C22H19N5O4S/c1-2-29-16-6-3-14(4-7-16)17-8-10-20-24-25-22(27(20)26-17)32-12-21(28)23-15-5-9-18-19(11-15)31-13-30-18/h3-11H,2,12-13H2,1H3,(H,23,28). The number of anilines is 1. The van der Waals surface area contributed by atoms with Crippen molar-refractivity contribution in [1.29, 1.82) is 0 Å². The van der Waals surface area contributed by atoms with Crippen LogP contribution in [0.25, 0.3) is 16.9 Å². The number of benzene rings is 2. The molecule has 32 heavy (non-hydrogen) atoms. The molecule has 1 amide bonds. The first-order valence-electron chi connectivity index (χ1n) is 9.97. The third kappa shape index (κ3) is 4.17. The molecule has 2 aromatic carbocycles. The highest BCUT2D eigenvalue weighted by Gasteiger charge is 2.15. The number of amides is 1. The number of rotatable bonds is 7. The third-order valence-electron chi connectivity index (χ3n) is 4.68. The number of ether oxygens (including phenoxy) is 3. The van der Waals surface area contributed by atoms with Gasteiger partial charge in [0.2, 0.25) is 17.9 Å². The lowest BCUT2D eigenvalue weighted by atomic mass is 10.1. The molecular formula is C22H19N5O4S. The van der Waals surface area contributed by atoms with Gasteiger partial charge in [0.1, 0.15) is 5.75 Å². The Balaban J connectivity index is 1.28. The maximum absolute atomic E-state index is 12.4. The van der Waals surface area contributed by atoms with Crippen LogP contribution in [0.4, 0.5) is 5.69 Å². The summed E-state index contributed by atoms with van der Waals surface area (Å²) in [5, 5.41) is 16.3. The smallest absolute Gasteiger partial charge is 0.234 e. The summed E-state index contributed by atoms with van der Waals surface area (Å²) in [5.74, 6) is 2.08. The van der Waals surface area contributed by atoms with Crippen LogP contribution in [0.5, 0.6) is 17.2 Å². The van der Waals surface area contributed by atoms with Crippen LogP contribution in [0, 0.1) is 0 Å². The largest absolute Gasteiger partial charge is 0.494 e. The summed E-state index contributed by atoms with van der Waals surface area (Å²) in [5.41, 5.74) is 2.97. The van der Waals surface area contributed by atoms with Crippen LogP contribution in [0.3, 0.4) is 0 Å². The molecule has 0 bridgehead atoms. The second kappa shape index (κ2) is 8.75. The summed E-state index contributed by atoms with van der Waals surface area (Å²) in [7, 11) is 0. The van der Waals surface area contributed by atoms with Gasteiger partial charge in [-0.3, -0.25) is 4.79 Å². The SMILES string of the molecule is CCOc1ccc(-c2ccc3nnc(SCC(=O)Nc4ccc5c(c4)OCO5)n3n2)cc1. The molecule has 9 nitrogen and oxygen atoms in total. The van der Waals surface area contributed by atoms with Gasteiger partial charge >= 0.3 is 0 Å². The molecule has 2 aromatic heterocycles. The van der Waals surface area contributed by atoms with Crippen molar-refractivity contribution in [3.8, 4) is 28.5 Å². The van der Waals surface area contributed by atoms with Crippen molar-refractivity contribution in [2.24, 2.45) is 0 Å². The van der Waals surface area contributed by atoms with Crippen molar-refractivity contribution in [3.63, 3.8) is 0 Å². The second-order valence-corrected chi connectivity index (χ2v) is 7.78. The van der Waals surface area contributed by atoms with E-state index >= 15 is 0 Å². The van der Waals surface area contributed by atoms with Crippen molar-refractivity contribution in [2.45, 2.75) is 12.1 Å². The first kappa shape index (κ1) is 20.1. The van der Waals surface area contributed by atoms with E-state index in [0.717, 1.165) is 17.0 Å². The zero-order chi connectivity index (χ0) is 21.9. The van der Waals surface area contributed by atoms with Crippen LogP contribution >= 0.6 is 11.8 Å². The summed E-state index contributed by atoms with van der Waals surface area (Å²) < 4.78 is 17.8. The summed E-state index contributed by atoms with van der Waals surface area (Å²) in [4.78, 5) is 12.4.